The van der Waals surface area contributed by atoms with Crippen LogP contribution in [0.25, 0.3) is 0 Å². The predicted octanol–water partition coefficient (Wildman–Crippen LogP) is 2.20. The average Bonchev–Trinajstić information content (AvgIpc) is 2.21. The number of likely N-dealkylation sites (N-methyl/N-ethyl adjacent to an activating group) is 1. The van der Waals surface area contributed by atoms with Crippen molar-refractivity contribution in [1.82, 2.24) is 10.6 Å². The maximum Gasteiger partial charge on any atom is 0.0337 e. The molecule has 0 fully saturated rings. The molecule has 14 heavy (non-hydrogen) atoms. The monoisotopic (exact) mass is 194 g/mol. The molecule has 0 aromatic rings. The Labute approximate surface area is 87.5 Å². The van der Waals surface area contributed by atoms with Crippen LogP contribution in [0.4, 0.5) is 0 Å². The second kappa shape index (κ2) is 5.86. The minimum Gasteiger partial charge on any atom is -0.391 e. The van der Waals surface area contributed by atoms with E-state index in [-0.39, 0.29) is 0 Å². The molecule has 0 radical (unpaired) electrons. The van der Waals surface area contributed by atoms with Gasteiger partial charge in [0.15, 0.2) is 0 Å². The molecule has 1 aliphatic rings. The lowest BCUT2D eigenvalue weighted by molar-refractivity contribution is 0.499. The lowest BCUT2D eigenvalue weighted by atomic mass is 9.91. The molecule has 80 valence electrons. The molecule has 2 heteroatoms. The summed E-state index contributed by atoms with van der Waals surface area (Å²) < 4.78 is 0. The third kappa shape index (κ3) is 2.61. The van der Waals surface area contributed by atoms with Crippen LogP contribution in [-0.4, -0.2) is 19.6 Å². The highest BCUT2D eigenvalue weighted by atomic mass is 14.9. The fraction of sp³-hybridized carbons (Fsp3) is 0.667. The van der Waals surface area contributed by atoms with E-state index in [0.717, 1.165) is 6.54 Å². The van der Waals surface area contributed by atoms with E-state index in [2.05, 4.69) is 36.6 Å². The molecule has 0 amide bonds. The Morgan fingerprint density at radius 2 is 2.29 bits per heavy atom. The van der Waals surface area contributed by atoms with E-state index in [0.29, 0.717) is 6.04 Å². The number of nitrogens with one attached hydrogen (secondary N) is 2. The second-order valence-electron chi connectivity index (χ2n) is 3.69. The molecular weight excluding hydrogens is 172 g/mol. The average molecular weight is 194 g/mol. The molecule has 0 aliphatic heterocycles. The summed E-state index contributed by atoms with van der Waals surface area (Å²) >= 11 is 0. The first kappa shape index (κ1) is 11.3. The van der Waals surface area contributed by atoms with Gasteiger partial charge < -0.3 is 10.6 Å². The van der Waals surface area contributed by atoms with Crippen LogP contribution in [0.5, 0.6) is 0 Å². The van der Waals surface area contributed by atoms with E-state index in [1.807, 2.05) is 7.05 Å². The Bertz CT molecular complexity index is 228. The van der Waals surface area contributed by atoms with E-state index in [1.54, 1.807) is 0 Å². The number of hydrogen-bond donors (Lipinski definition) is 2. The zero-order valence-electron chi connectivity index (χ0n) is 9.56. The number of allylic oxidation sites excluding steroid dienone is 2. The van der Waals surface area contributed by atoms with E-state index < -0.39 is 0 Å². The molecule has 0 aromatic heterocycles. The molecule has 1 rings (SSSR count). The van der Waals surface area contributed by atoms with Gasteiger partial charge in [-0.25, -0.2) is 0 Å². The molecule has 1 unspecified atom stereocenters. The van der Waals surface area contributed by atoms with Crippen molar-refractivity contribution in [3.8, 4) is 0 Å². The normalized spacial score (nSPS) is 23.2. The van der Waals surface area contributed by atoms with Crippen LogP contribution < -0.4 is 10.6 Å². The fourth-order valence-electron chi connectivity index (χ4n) is 2.12. The van der Waals surface area contributed by atoms with Crippen molar-refractivity contribution in [1.29, 1.82) is 0 Å². The van der Waals surface area contributed by atoms with Gasteiger partial charge in [-0.2, -0.15) is 0 Å². The van der Waals surface area contributed by atoms with Crippen LogP contribution in [-0.2, 0) is 0 Å². The Kier molecular flexibility index (Phi) is 4.74. The van der Waals surface area contributed by atoms with Crippen molar-refractivity contribution in [2.45, 2.75) is 39.2 Å². The Balaban J connectivity index is 2.84. The van der Waals surface area contributed by atoms with E-state index >= 15 is 0 Å². The van der Waals surface area contributed by atoms with Crippen LogP contribution in [0.15, 0.2) is 23.4 Å². The summed E-state index contributed by atoms with van der Waals surface area (Å²) in [6, 6.07) is 0.549. The highest BCUT2D eigenvalue weighted by Crippen LogP contribution is 2.24. The highest BCUT2D eigenvalue weighted by molar-refractivity contribution is 5.31. The predicted molar refractivity (Wildman–Crippen MR) is 62.2 cm³/mol. The van der Waals surface area contributed by atoms with Gasteiger partial charge in [0.1, 0.15) is 0 Å². The Morgan fingerprint density at radius 1 is 1.50 bits per heavy atom. The van der Waals surface area contributed by atoms with Gasteiger partial charge in [-0.05, 0) is 38.3 Å². The molecule has 0 spiro atoms. The van der Waals surface area contributed by atoms with Crippen molar-refractivity contribution in [3.63, 3.8) is 0 Å². The first-order chi connectivity index (χ1) is 6.83. The summed E-state index contributed by atoms with van der Waals surface area (Å²) in [4.78, 5) is 0. The van der Waals surface area contributed by atoms with Crippen LogP contribution in [0.1, 0.15) is 33.1 Å². The van der Waals surface area contributed by atoms with Crippen molar-refractivity contribution in [2.24, 2.45) is 0 Å². The molecule has 0 heterocycles. The highest BCUT2D eigenvalue weighted by Gasteiger charge is 2.19. The lowest BCUT2D eigenvalue weighted by Gasteiger charge is -2.27. The van der Waals surface area contributed by atoms with Crippen LogP contribution in [0.2, 0.25) is 0 Å². The third-order valence-corrected chi connectivity index (χ3v) is 2.74. The Morgan fingerprint density at radius 3 is 2.86 bits per heavy atom. The second-order valence-corrected chi connectivity index (χ2v) is 3.69. The first-order valence-corrected chi connectivity index (χ1v) is 5.60. The van der Waals surface area contributed by atoms with E-state index in [1.165, 1.54) is 30.5 Å². The van der Waals surface area contributed by atoms with Crippen molar-refractivity contribution >= 4 is 0 Å². The summed E-state index contributed by atoms with van der Waals surface area (Å²) in [6.07, 6.45) is 8.10. The van der Waals surface area contributed by atoms with Gasteiger partial charge in [0.05, 0.1) is 0 Å². The third-order valence-electron chi connectivity index (χ3n) is 2.74. The summed E-state index contributed by atoms with van der Waals surface area (Å²) in [7, 11) is 2.02. The molecule has 1 aliphatic carbocycles. The largest absolute Gasteiger partial charge is 0.391 e. The van der Waals surface area contributed by atoms with Crippen LogP contribution >= 0.6 is 0 Å². The van der Waals surface area contributed by atoms with Crippen LogP contribution in [0.3, 0.4) is 0 Å². The van der Waals surface area contributed by atoms with Crippen LogP contribution in [0, 0.1) is 0 Å². The summed E-state index contributed by atoms with van der Waals surface area (Å²) in [5, 5.41) is 6.85. The maximum absolute atomic E-state index is 3.53. The molecule has 2 N–H and O–H groups in total. The summed E-state index contributed by atoms with van der Waals surface area (Å²) in [5.41, 5.74) is 2.85. The van der Waals surface area contributed by atoms with Gasteiger partial charge >= 0.3 is 0 Å². The topological polar surface area (TPSA) is 24.1 Å². The molecule has 0 saturated carbocycles. The van der Waals surface area contributed by atoms with Gasteiger partial charge in [0.2, 0.25) is 0 Å². The van der Waals surface area contributed by atoms with Gasteiger partial charge in [-0.1, -0.05) is 19.1 Å². The van der Waals surface area contributed by atoms with Crippen molar-refractivity contribution in [3.05, 3.63) is 23.4 Å². The van der Waals surface area contributed by atoms with Gasteiger partial charge in [0, 0.05) is 18.8 Å². The summed E-state index contributed by atoms with van der Waals surface area (Å²) in [6.45, 7) is 5.29. The van der Waals surface area contributed by atoms with Gasteiger partial charge in [-0.3, -0.25) is 0 Å². The fourth-order valence-corrected chi connectivity index (χ4v) is 2.12. The van der Waals surface area contributed by atoms with Crippen molar-refractivity contribution in [2.75, 3.05) is 13.6 Å². The number of hydrogen-bond acceptors (Lipinski definition) is 2. The molecule has 1 atom stereocenters. The zero-order chi connectivity index (χ0) is 10.4. The van der Waals surface area contributed by atoms with E-state index in [4.69, 9.17) is 0 Å². The number of rotatable bonds is 4. The summed E-state index contributed by atoms with van der Waals surface area (Å²) in [5.74, 6) is 0. The lowest BCUT2D eigenvalue weighted by Crippen LogP contribution is -2.34. The molecular formula is C12H22N2. The smallest absolute Gasteiger partial charge is 0.0337 e. The zero-order valence-corrected chi connectivity index (χ0v) is 9.56. The first-order valence-electron chi connectivity index (χ1n) is 5.60. The van der Waals surface area contributed by atoms with E-state index in [9.17, 15) is 0 Å². The quantitative estimate of drug-likeness (QED) is 0.717. The molecule has 2 nitrogen and oxygen atoms in total. The Hall–Kier alpha value is -0.760. The van der Waals surface area contributed by atoms with Gasteiger partial charge in [-0.15, -0.1) is 0 Å². The van der Waals surface area contributed by atoms with Crippen molar-refractivity contribution < 1.29 is 0 Å². The molecule has 0 bridgehead atoms. The van der Waals surface area contributed by atoms with Gasteiger partial charge in [0.25, 0.3) is 0 Å². The SMILES string of the molecule is C/C=C\C1=C(NC)CCCC1NCC. The minimum absolute atomic E-state index is 0.549. The molecule has 0 saturated heterocycles. The maximum atomic E-state index is 3.53. The standard InChI is InChI=1S/C12H22N2/c1-4-7-10-11(13-3)8-6-9-12(10)14-5-2/h4,7,12-14H,5-6,8-9H2,1-3H3/b7-4-. The molecule has 0 aromatic carbocycles. The minimum atomic E-state index is 0.549.